The quantitative estimate of drug-likeness (QED) is 0.865. The van der Waals surface area contributed by atoms with Crippen LogP contribution >= 0.6 is 11.3 Å². The van der Waals surface area contributed by atoms with Gasteiger partial charge in [-0.25, -0.2) is 4.98 Å². The van der Waals surface area contributed by atoms with Crippen molar-refractivity contribution in [2.24, 2.45) is 0 Å². The number of carbonyl (C=O) groups is 1. The van der Waals surface area contributed by atoms with Crippen molar-refractivity contribution in [3.05, 3.63) is 51.5 Å². The second kappa shape index (κ2) is 6.71. The average molecular weight is 334 g/mol. The molecule has 0 N–H and O–H groups in total. The van der Waals surface area contributed by atoms with Crippen molar-refractivity contribution in [1.82, 2.24) is 9.88 Å². The molecule has 1 aliphatic rings. The molecule has 0 bridgehead atoms. The topological polar surface area (TPSA) is 50.3 Å². The van der Waals surface area contributed by atoms with Crippen molar-refractivity contribution in [3.63, 3.8) is 0 Å². The van der Waals surface area contributed by atoms with Gasteiger partial charge < -0.3 is 4.90 Å². The molecule has 4 nitrogen and oxygen atoms in total. The third-order valence-electron chi connectivity index (χ3n) is 3.71. The number of carbonyl (C=O) groups excluding carboxylic acids is 1. The van der Waals surface area contributed by atoms with Gasteiger partial charge in [0.15, 0.2) is 0 Å². The van der Waals surface area contributed by atoms with Crippen LogP contribution in [0.1, 0.15) is 26.6 Å². The van der Waals surface area contributed by atoms with Crippen LogP contribution in [0.3, 0.4) is 0 Å². The number of hydrogen-bond acceptors (Lipinski definition) is 4. The molecule has 22 heavy (non-hydrogen) atoms. The molecule has 0 spiro atoms. The summed E-state index contributed by atoms with van der Waals surface area (Å²) in [5.74, 6) is 1.11. The highest BCUT2D eigenvalue weighted by Gasteiger charge is 2.23. The molecule has 2 heterocycles. The standard InChI is InChI=1S/C16H18N2O2S2/c1-12-2-4-13(5-3-12)10-15-17-14(11-21-15)16(19)18-6-8-22(20)9-7-18/h2-5,11H,6-10H2,1H3. The van der Waals surface area contributed by atoms with Crippen molar-refractivity contribution in [2.45, 2.75) is 13.3 Å². The fraction of sp³-hybridized carbons (Fsp3) is 0.375. The van der Waals surface area contributed by atoms with Crippen LogP contribution < -0.4 is 0 Å². The monoisotopic (exact) mass is 334 g/mol. The predicted molar refractivity (Wildman–Crippen MR) is 89.9 cm³/mol. The molecule has 1 aromatic carbocycles. The van der Waals surface area contributed by atoms with E-state index >= 15 is 0 Å². The Bertz CT molecular complexity index is 684. The van der Waals surface area contributed by atoms with Crippen LogP contribution in [0.25, 0.3) is 0 Å². The number of benzene rings is 1. The first-order valence-corrected chi connectivity index (χ1v) is 9.63. The Morgan fingerprint density at radius 1 is 1.27 bits per heavy atom. The summed E-state index contributed by atoms with van der Waals surface area (Å²) in [5.41, 5.74) is 2.95. The van der Waals surface area contributed by atoms with E-state index in [1.165, 1.54) is 22.5 Å². The van der Waals surface area contributed by atoms with Gasteiger partial charge in [-0.1, -0.05) is 29.8 Å². The molecule has 0 radical (unpaired) electrons. The van der Waals surface area contributed by atoms with Crippen LogP contribution in [0.4, 0.5) is 0 Å². The lowest BCUT2D eigenvalue weighted by Crippen LogP contribution is -2.41. The Morgan fingerprint density at radius 3 is 2.64 bits per heavy atom. The molecule has 0 saturated carbocycles. The van der Waals surface area contributed by atoms with Crippen LogP contribution in [0.2, 0.25) is 0 Å². The van der Waals surface area contributed by atoms with Gasteiger partial charge in [0.05, 0.1) is 5.01 Å². The molecule has 3 rings (SSSR count). The van der Waals surface area contributed by atoms with Crippen molar-refractivity contribution < 1.29 is 9.00 Å². The minimum Gasteiger partial charge on any atom is -0.335 e. The molecule has 1 amide bonds. The highest BCUT2D eigenvalue weighted by atomic mass is 32.2. The maximum atomic E-state index is 12.4. The summed E-state index contributed by atoms with van der Waals surface area (Å²) in [7, 11) is -0.769. The minimum absolute atomic E-state index is 0.0388. The Hall–Kier alpha value is -1.53. The summed E-state index contributed by atoms with van der Waals surface area (Å²) in [5, 5.41) is 2.78. The highest BCUT2D eigenvalue weighted by Crippen LogP contribution is 2.17. The Balaban J connectivity index is 1.66. The first-order valence-electron chi connectivity index (χ1n) is 7.26. The number of rotatable bonds is 3. The van der Waals surface area contributed by atoms with E-state index in [4.69, 9.17) is 0 Å². The van der Waals surface area contributed by atoms with E-state index in [1.54, 1.807) is 4.90 Å². The Kier molecular flexibility index (Phi) is 4.69. The summed E-state index contributed by atoms with van der Waals surface area (Å²) in [6, 6.07) is 8.36. The second-order valence-electron chi connectivity index (χ2n) is 5.43. The molecule has 116 valence electrons. The van der Waals surface area contributed by atoms with Crippen LogP contribution in [0, 0.1) is 6.92 Å². The summed E-state index contributed by atoms with van der Waals surface area (Å²) in [4.78, 5) is 18.6. The highest BCUT2D eigenvalue weighted by molar-refractivity contribution is 7.85. The first kappa shape index (κ1) is 15.4. The van der Waals surface area contributed by atoms with Crippen molar-refractivity contribution in [2.75, 3.05) is 24.6 Å². The molecule has 1 aromatic heterocycles. The lowest BCUT2D eigenvalue weighted by Gasteiger charge is -2.25. The van der Waals surface area contributed by atoms with Crippen LogP contribution in [-0.4, -0.2) is 44.6 Å². The molecule has 0 unspecified atom stereocenters. The zero-order chi connectivity index (χ0) is 15.5. The number of amides is 1. The molecular weight excluding hydrogens is 316 g/mol. The third-order valence-corrected chi connectivity index (χ3v) is 5.84. The maximum Gasteiger partial charge on any atom is 0.273 e. The van der Waals surface area contributed by atoms with Gasteiger partial charge in [0, 0.05) is 47.2 Å². The van der Waals surface area contributed by atoms with Crippen molar-refractivity contribution in [3.8, 4) is 0 Å². The smallest absolute Gasteiger partial charge is 0.273 e. The van der Waals surface area contributed by atoms with E-state index in [1.807, 2.05) is 5.38 Å². The molecule has 6 heteroatoms. The van der Waals surface area contributed by atoms with Gasteiger partial charge in [-0.2, -0.15) is 0 Å². The molecule has 1 saturated heterocycles. The predicted octanol–water partition coefficient (Wildman–Crippen LogP) is 2.25. The largest absolute Gasteiger partial charge is 0.335 e. The first-order chi connectivity index (χ1) is 10.6. The lowest BCUT2D eigenvalue weighted by atomic mass is 10.1. The minimum atomic E-state index is -0.769. The molecule has 1 fully saturated rings. The van der Waals surface area contributed by atoms with Crippen LogP contribution in [-0.2, 0) is 17.2 Å². The van der Waals surface area contributed by atoms with Gasteiger partial charge in [0.2, 0.25) is 0 Å². The number of aryl methyl sites for hydroxylation is 1. The summed E-state index contributed by atoms with van der Waals surface area (Å²) >= 11 is 1.52. The number of thiazole rings is 1. The van der Waals surface area contributed by atoms with Crippen molar-refractivity contribution in [1.29, 1.82) is 0 Å². The Morgan fingerprint density at radius 2 is 1.95 bits per heavy atom. The number of hydrogen-bond donors (Lipinski definition) is 0. The van der Waals surface area contributed by atoms with Gasteiger partial charge in [-0.3, -0.25) is 9.00 Å². The zero-order valence-corrected chi connectivity index (χ0v) is 14.1. The second-order valence-corrected chi connectivity index (χ2v) is 8.07. The van der Waals surface area contributed by atoms with Gasteiger partial charge in [0.1, 0.15) is 5.69 Å². The van der Waals surface area contributed by atoms with Gasteiger partial charge in [-0.15, -0.1) is 11.3 Å². The zero-order valence-electron chi connectivity index (χ0n) is 12.4. The lowest BCUT2D eigenvalue weighted by molar-refractivity contribution is 0.0766. The third kappa shape index (κ3) is 3.62. The van der Waals surface area contributed by atoms with Gasteiger partial charge in [0.25, 0.3) is 5.91 Å². The molecule has 0 aliphatic carbocycles. The average Bonchev–Trinajstić information content (AvgIpc) is 2.98. The number of nitrogens with zero attached hydrogens (tertiary/aromatic N) is 2. The summed E-state index contributed by atoms with van der Waals surface area (Å²) in [6.45, 7) is 3.20. The molecule has 1 aliphatic heterocycles. The van der Waals surface area contributed by atoms with E-state index in [0.717, 1.165) is 11.4 Å². The fourth-order valence-electron chi connectivity index (χ4n) is 2.37. The van der Waals surface area contributed by atoms with Gasteiger partial charge in [-0.05, 0) is 12.5 Å². The SMILES string of the molecule is Cc1ccc(Cc2nc(C(=O)N3CCS(=O)CC3)cs2)cc1. The molecular formula is C16H18N2O2S2. The van der Waals surface area contributed by atoms with E-state index in [9.17, 15) is 9.00 Å². The van der Waals surface area contributed by atoms with Crippen molar-refractivity contribution >= 4 is 28.0 Å². The molecule has 2 aromatic rings. The van der Waals surface area contributed by atoms with E-state index in [2.05, 4.69) is 36.2 Å². The van der Waals surface area contributed by atoms with E-state index < -0.39 is 10.8 Å². The maximum absolute atomic E-state index is 12.4. The van der Waals surface area contributed by atoms with E-state index in [-0.39, 0.29) is 5.91 Å². The fourth-order valence-corrected chi connectivity index (χ4v) is 4.23. The normalized spacial score (nSPS) is 16.0. The summed E-state index contributed by atoms with van der Waals surface area (Å²) in [6.07, 6.45) is 0.752. The van der Waals surface area contributed by atoms with Crippen LogP contribution in [0.15, 0.2) is 29.6 Å². The van der Waals surface area contributed by atoms with E-state index in [0.29, 0.717) is 30.3 Å². The Labute approximate surface area is 136 Å². The van der Waals surface area contributed by atoms with Crippen LogP contribution in [0.5, 0.6) is 0 Å². The summed E-state index contributed by atoms with van der Waals surface area (Å²) < 4.78 is 11.4. The number of aromatic nitrogens is 1. The van der Waals surface area contributed by atoms with Gasteiger partial charge >= 0.3 is 0 Å². The molecule has 0 atom stereocenters.